The first kappa shape index (κ1) is 14.1. The largest absolute Gasteiger partial charge is 0.339 e. The van der Waals surface area contributed by atoms with Gasteiger partial charge in [0.25, 0.3) is 5.91 Å². The number of hydrogen-bond donors (Lipinski definition) is 1. The number of benzene rings is 1. The third-order valence-electron chi connectivity index (χ3n) is 3.75. The fourth-order valence-corrected chi connectivity index (χ4v) is 2.66. The molecule has 1 fully saturated rings. The van der Waals surface area contributed by atoms with Crippen molar-refractivity contribution in [3.63, 3.8) is 0 Å². The molecule has 0 aromatic heterocycles. The lowest BCUT2D eigenvalue weighted by molar-refractivity contribution is 0.0742. The first-order valence-electron chi connectivity index (χ1n) is 7.39. The lowest BCUT2D eigenvalue weighted by Crippen LogP contribution is -2.33. The first-order valence-corrected chi connectivity index (χ1v) is 7.39. The van der Waals surface area contributed by atoms with Crippen molar-refractivity contribution in [2.24, 2.45) is 5.73 Å². The third-order valence-corrected chi connectivity index (χ3v) is 3.75. The van der Waals surface area contributed by atoms with Gasteiger partial charge in [-0.1, -0.05) is 31.4 Å². The van der Waals surface area contributed by atoms with Crippen LogP contribution in [0.1, 0.15) is 48.0 Å². The molecule has 1 aliphatic rings. The number of hydrogen-bond acceptors (Lipinski definition) is 2. The van der Waals surface area contributed by atoms with E-state index in [0.717, 1.165) is 43.5 Å². The lowest BCUT2D eigenvalue weighted by atomic mass is 10.1. The van der Waals surface area contributed by atoms with Gasteiger partial charge < -0.3 is 10.6 Å². The van der Waals surface area contributed by atoms with E-state index < -0.39 is 0 Å². The average Bonchev–Trinajstić information content (AvgIpc) is 2.38. The number of likely N-dealkylation sites (tertiary alicyclic amines) is 1. The summed E-state index contributed by atoms with van der Waals surface area (Å²) in [5.74, 6) is 0.181. The zero-order valence-electron chi connectivity index (χ0n) is 11.6. The molecule has 0 spiro atoms. The molecule has 0 radical (unpaired) electrons. The molecule has 1 aliphatic heterocycles. The van der Waals surface area contributed by atoms with Gasteiger partial charge in [0.05, 0.1) is 0 Å². The Hall–Kier alpha value is -1.35. The molecule has 1 heterocycles. The van der Waals surface area contributed by atoms with Crippen molar-refractivity contribution in [3.05, 3.63) is 35.4 Å². The van der Waals surface area contributed by atoms with Crippen LogP contribution in [0.2, 0.25) is 0 Å². The second kappa shape index (κ2) is 7.29. The molecule has 0 atom stereocenters. The standard InChI is InChI=1S/C16H24N2O/c17-10-9-14-7-6-8-15(13-14)16(19)18-11-4-2-1-3-5-12-18/h6-8,13H,1-5,9-12,17H2. The lowest BCUT2D eigenvalue weighted by Gasteiger charge is -2.25. The Labute approximate surface area is 115 Å². The molecule has 19 heavy (non-hydrogen) atoms. The number of carbonyl (C=O) groups excluding carboxylic acids is 1. The van der Waals surface area contributed by atoms with Crippen molar-refractivity contribution in [1.82, 2.24) is 4.90 Å². The van der Waals surface area contributed by atoms with E-state index in [2.05, 4.69) is 0 Å². The fraction of sp³-hybridized carbons (Fsp3) is 0.562. The number of amides is 1. The monoisotopic (exact) mass is 260 g/mol. The van der Waals surface area contributed by atoms with E-state index in [9.17, 15) is 4.79 Å². The highest BCUT2D eigenvalue weighted by atomic mass is 16.2. The van der Waals surface area contributed by atoms with Crippen LogP contribution in [0, 0.1) is 0 Å². The van der Waals surface area contributed by atoms with E-state index in [1.165, 1.54) is 19.3 Å². The second-order valence-corrected chi connectivity index (χ2v) is 5.30. The van der Waals surface area contributed by atoms with Crippen LogP contribution < -0.4 is 5.73 Å². The van der Waals surface area contributed by atoms with Gasteiger partial charge in [-0.05, 0) is 43.5 Å². The fourth-order valence-electron chi connectivity index (χ4n) is 2.66. The minimum Gasteiger partial charge on any atom is -0.339 e. The molecule has 1 aromatic rings. The van der Waals surface area contributed by atoms with Gasteiger partial charge in [0.1, 0.15) is 0 Å². The topological polar surface area (TPSA) is 46.3 Å². The highest BCUT2D eigenvalue weighted by Gasteiger charge is 2.16. The molecule has 2 N–H and O–H groups in total. The number of rotatable bonds is 3. The van der Waals surface area contributed by atoms with Crippen molar-refractivity contribution in [3.8, 4) is 0 Å². The number of nitrogens with two attached hydrogens (primary N) is 1. The van der Waals surface area contributed by atoms with E-state index in [1.807, 2.05) is 29.2 Å². The molecular formula is C16H24N2O. The van der Waals surface area contributed by atoms with Gasteiger partial charge in [0, 0.05) is 18.7 Å². The van der Waals surface area contributed by atoms with Crippen LogP contribution in [0.15, 0.2) is 24.3 Å². The quantitative estimate of drug-likeness (QED) is 0.908. The smallest absolute Gasteiger partial charge is 0.253 e. The Morgan fingerprint density at radius 3 is 2.47 bits per heavy atom. The van der Waals surface area contributed by atoms with Gasteiger partial charge in [0.15, 0.2) is 0 Å². The van der Waals surface area contributed by atoms with Crippen molar-refractivity contribution >= 4 is 5.91 Å². The summed E-state index contributed by atoms with van der Waals surface area (Å²) >= 11 is 0. The third kappa shape index (κ3) is 4.06. The SMILES string of the molecule is NCCc1cccc(C(=O)N2CCCCCCC2)c1. The average molecular weight is 260 g/mol. The molecule has 1 amide bonds. The van der Waals surface area contributed by atoms with Crippen LogP contribution in [-0.2, 0) is 6.42 Å². The summed E-state index contributed by atoms with van der Waals surface area (Å²) in [7, 11) is 0. The van der Waals surface area contributed by atoms with Crippen molar-refractivity contribution in [2.75, 3.05) is 19.6 Å². The molecule has 3 heteroatoms. The van der Waals surface area contributed by atoms with E-state index in [1.54, 1.807) is 0 Å². The molecule has 1 saturated heterocycles. The summed E-state index contributed by atoms with van der Waals surface area (Å²) in [6.07, 6.45) is 6.91. The maximum atomic E-state index is 12.5. The molecule has 104 valence electrons. The maximum absolute atomic E-state index is 12.5. The zero-order valence-corrected chi connectivity index (χ0v) is 11.6. The molecule has 2 rings (SSSR count). The van der Waals surface area contributed by atoms with Crippen molar-refractivity contribution in [1.29, 1.82) is 0 Å². The first-order chi connectivity index (χ1) is 9.31. The predicted octanol–water partition coefficient (Wildman–Crippen LogP) is 2.59. The molecular weight excluding hydrogens is 236 g/mol. The van der Waals surface area contributed by atoms with Crippen LogP contribution in [0.3, 0.4) is 0 Å². The number of carbonyl (C=O) groups is 1. The van der Waals surface area contributed by atoms with Crippen LogP contribution in [0.25, 0.3) is 0 Å². The molecule has 3 nitrogen and oxygen atoms in total. The molecule has 0 saturated carbocycles. The van der Waals surface area contributed by atoms with Crippen molar-refractivity contribution < 1.29 is 4.79 Å². The van der Waals surface area contributed by atoms with Gasteiger partial charge in [0.2, 0.25) is 0 Å². The summed E-state index contributed by atoms with van der Waals surface area (Å²) < 4.78 is 0. The minimum atomic E-state index is 0.181. The van der Waals surface area contributed by atoms with Gasteiger partial charge in [-0.25, -0.2) is 0 Å². The van der Waals surface area contributed by atoms with Gasteiger partial charge in [-0.3, -0.25) is 4.79 Å². The molecule has 0 aliphatic carbocycles. The Morgan fingerprint density at radius 2 is 1.79 bits per heavy atom. The second-order valence-electron chi connectivity index (χ2n) is 5.30. The highest BCUT2D eigenvalue weighted by Crippen LogP contribution is 2.14. The van der Waals surface area contributed by atoms with Crippen LogP contribution in [0.5, 0.6) is 0 Å². The molecule has 1 aromatic carbocycles. The normalized spacial score (nSPS) is 16.8. The van der Waals surface area contributed by atoms with Gasteiger partial charge in [-0.15, -0.1) is 0 Å². The Balaban J connectivity index is 2.06. The number of nitrogens with zero attached hydrogens (tertiary/aromatic N) is 1. The van der Waals surface area contributed by atoms with E-state index in [0.29, 0.717) is 6.54 Å². The summed E-state index contributed by atoms with van der Waals surface area (Å²) in [6, 6.07) is 7.91. The van der Waals surface area contributed by atoms with E-state index >= 15 is 0 Å². The summed E-state index contributed by atoms with van der Waals surface area (Å²) in [5.41, 5.74) is 7.54. The highest BCUT2D eigenvalue weighted by molar-refractivity contribution is 5.94. The van der Waals surface area contributed by atoms with Crippen molar-refractivity contribution in [2.45, 2.75) is 38.5 Å². The minimum absolute atomic E-state index is 0.181. The Kier molecular flexibility index (Phi) is 5.40. The zero-order chi connectivity index (χ0) is 13.5. The predicted molar refractivity (Wildman–Crippen MR) is 78.2 cm³/mol. The van der Waals surface area contributed by atoms with E-state index in [-0.39, 0.29) is 5.91 Å². The van der Waals surface area contributed by atoms with E-state index in [4.69, 9.17) is 5.73 Å². The van der Waals surface area contributed by atoms with Crippen LogP contribution >= 0.6 is 0 Å². The molecule has 0 unspecified atom stereocenters. The Morgan fingerprint density at radius 1 is 1.11 bits per heavy atom. The summed E-state index contributed by atoms with van der Waals surface area (Å²) in [4.78, 5) is 14.5. The molecule has 0 bridgehead atoms. The summed E-state index contributed by atoms with van der Waals surface area (Å²) in [5, 5.41) is 0. The summed E-state index contributed by atoms with van der Waals surface area (Å²) in [6.45, 7) is 2.43. The van der Waals surface area contributed by atoms with Crippen LogP contribution in [-0.4, -0.2) is 30.4 Å². The maximum Gasteiger partial charge on any atom is 0.253 e. The Bertz CT molecular complexity index is 409. The van der Waals surface area contributed by atoms with Crippen LogP contribution in [0.4, 0.5) is 0 Å². The van der Waals surface area contributed by atoms with Gasteiger partial charge >= 0.3 is 0 Å². The van der Waals surface area contributed by atoms with Gasteiger partial charge in [-0.2, -0.15) is 0 Å².